The highest BCUT2D eigenvalue weighted by atomic mass is 32.1. The molecule has 14 nitrogen and oxygen atoms in total. The van der Waals surface area contributed by atoms with Gasteiger partial charge in [0, 0.05) is 6.42 Å². The van der Waals surface area contributed by atoms with E-state index in [1.807, 2.05) is 0 Å². The van der Waals surface area contributed by atoms with E-state index in [1.165, 1.54) is 6.08 Å². The van der Waals surface area contributed by atoms with Gasteiger partial charge in [-0.3, -0.25) is 13.7 Å². The van der Waals surface area contributed by atoms with E-state index < -0.39 is 45.6 Å². The summed E-state index contributed by atoms with van der Waals surface area (Å²) in [5, 5.41) is 32.0. The second kappa shape index (κ2) is 7.95. The van der Waals surface area contributed by atoms with Crippen molar-refractivity contribution in [3.05, 3.63) is 18.0 Å². The van der Waals surface area contributed by atoms with Crippen LogP contribution in [0.25, 0.3) is 11.2 Å². The number of thiol groups is 1. The van der Waals surface area contributed by atoms with Crippen LogP contribution in [0.1, 0.15) is 12.6 Å². The van der Waals surface area contributed by atoms with Gasteiger partial charge >= 0.3 is 15.2 Å². The Kier molecular flexibility index (Phi) is 6.17. The molecule has 0 bridgehead atoms. The van der Waals surface area contributed by atoms with Crippen LogP contribution in [-0.2, 0) is 13.7 Å². The molecule has 0 aromatic carbocycles. The van der Waals surface area contributed by atoms with Crippen molar-refractivity contribution < 1.29 is 43.7 Å². The summed E-state index contributed by atoms with van der Waals surface area (Å²) in [6.45, 7) is -0.700. The fraction of sp³-hybridized carbons (Fsp3) is 0.462. The molecule has 8 N–H and O–H groups in total. The van der Waals surface area contributed by atoms with Crippen LogP contribution in [0, 0.1) is 0 Å². The minimum atomic E-state index is -4.82. The second-order valence-electron chi connectivity index (χ2n) is 6.66. The van der Waals surface area contributed by atoms with Crippen molar-refractivity contribution in [3.8, 4) is 0 Å². The summed E-state index contributed by atoms with van der Waals surface area (Å²) in [5.41, 5.74) is 3.70. The number of fused-ring (bicyclic) bond motifs is 1. The van der Waals surface area contributed by atoms with Gasteiger partial charge in [0.1, 0.15) is 22.2 Å². The smallest absolute Gasteiger partial charge is 0.340 e. The number of nitrogen functional groups attached to an aromatic ring is 1. The van der Waals surface area contributed by atoms with Gasteiger partial charge in [-0.2, -0.15) is 4.98 Å². The molecule has 0 saturated heterocycles. The van der Waals surface area contributed by atoms with Gasteiger partial charge in [-0.15, -0.1) is 12.6 Å². The zero-order valence-corrected chi connectivity index (χ0v) is 17.7. The van der Waals surface area contributed by atoms with Gasteiger partial charge in [0.25, 0.3) is 0 Å². The number of hydrogen-bond donors (Lipinski definition) is 8. The van der Waals surface area contributed by atoms with Crippen molar-refractivity contribution in [1.29, 1.82) is 0 Å². The van der Waals surface area contributed by atoms with Crippen molar-refractivity contribution in [2.45, 2.75) is 29.4 Å². The highest BCUT2D eigenvalue weighted by Gasteiger charge is 2.49. The largest absolute Gasteiger partial charge is 0.385 e. The normalized spacial score (nSPS) is 23.5. The molecule has 2 aromatic heterocycles. The number of aliphatic hydroxyl groups excluding tert-OH is 2. The van der Waals surface area contributed by atoms with Crippen LogP contribution >= 0.6 is 27.8 Å². The topological polar surface area (TPSA) is 234 Å². The van der Waals surface area contributed by atoms with Crippen molar-refractivity contribution in [2.24, 2.45) is 0 Å². The van der Waals surface area contributed by atoms with Crippen molar-refractivity contribution in [2.75, 3.05) is 18.2 Å². The Labute approximate surface area is 174 Å². The number of rotatable bonds is 8. The minimum absolute atomic E-state index is 0.0465. The number of anilines is 1. The molecule has 2 aromatic rings. The highest BCUT2D eigenvalue weighted by Crippen LogP contribution is 2.56. The molecule has 2 heterocycles. The molecule has 4 atom stereocenters. The average molecular weight is 483 g/mol. The Morgan fingerprint density at radius 2 is 1.97 bits per heavy atom. The molecule has 1 aliphatic carbocycles. The zero-order valence-electron chi connectivity index (χ0n) is 15.0. The summed E-state index contributed by atoms with van der Waals surface area (Å²) >= 11 is 4.11. The molecule has 0 spiro atoms. The predicted octanol–water partition coefficient (Wildman–Crippen LogP) is -1.05. The van der Waals surface area contributed by atoms with E-state index in [4.69, 9.17) is 15.5 Å². The van der Waals surface area contributed by atoms with Gasteiger partial charge in [-0.1, -0.05) is 6.08 Å². The first-order valence-electron chi connectivity index (χ1n) is 8.21. The maximum Gasteiger partial charge on any atom is 0.340 e. The van der Waals surface area contributed by atoms with Crippen LogP contribution in [-0.4, -0.2) is 73.7 Å². The Bertz CT molecular complexity index is 1100. The van der Waals surface area contributed by atoms with Crippen molar-refractivity contribution in [1.82, 2.24) is 19.5 Å². The highest BCUT2D eigenvalue weighted by molar-refractivity contribution is 7.80. The predicted molar refractivity (Wildman–Crippen MR) is 105 cm³/mol. The number of aromatic nitrogens is 4. The standard InChI is InChI=1S/C13H19N5O9P2S/c14-12-16-9-7(10(30)17-12)15-4-18(9)11(20)8(19)13(21)2-1-6(13)3-27-29(25,26)5-28(22,23)24/h1,4,8,11,19-21H,2-3,5H2,(H,25,26)(H2,22,23,24)(H3,14,16,17,30)/t8-,11+,13-/m0/s1. The quantitative estimate of drug-likeness (QED) is 0.0969. The molecule has 1 unspecified atom stereocenters. The third-order valence-electron chi connectivity index (χ3n) is 4.48. The lowest BCUT2D eigenvalue weighted by Gasteiger charge is -2.42. The Balaban J connectivity index is 1.77. The number of aliphatic hydroxyl groups is 3. The lowest BCUT2D eigenvalue weighted by atomic mass is 9.75. The molecule has 17 heteroatoms. The third-order valence-corrected chi connectivity index (χ3v) is 8.23. The first kappa shape index (κ1) is 23.3. The number of hydrogen-bond acceptors (Lipinski definition) is 11. The lowest BCUT2D eigenvalue weighted by molar-refractivity contribution is -0.138. The average Bonchev–Trinajstić information content (AvgIpc) is 3.00. The third kappa shape index (κ3) is 4.60. The zero-order chi connectivity index (χ0) is 22.5. The van der Waals surface area contributed by atoms with E-state index in [2.05, 4.69) is 32.1 Å². The maximum absolute atomic E-state index is 11.8. The monoisotopic (exact) mass is 483 g/mol. The Hall–Kier alpha value is -1.38. The molecule has 166 valence electrons. The number of nitrogens with two attached hydrogens (primary N) is 1. The van der Waals surface area contributed by atoms with E-state index in [-0.39, 0.29) is 34.1 Å². The van der Waals surface area contributed by atoms with E-state index in [9.17, 15) is 29.3 Å². The molecule has 3 rings (SSSR count). The lowest BCUT2D eigenvalue weighted by Crippen LogP contribution is -2.53. The number of nitrogens with zero attached hydrogens (tertiary/aromatic N) is 4. The van der Waals surface area contributed by atoms with E-state index in [1.54, 1.807) is 0 Å². The molecular formula is C13H19N5O9P2S. The van der Waals surface area contributed by atoms with E-state index in [0.29, 0.717) is 0 Å². The van der Waals surface area contributed by atoms with E-state index in [0.717, 1.165) is 10.9 Å². The molecular weight excluding hydrogens is 464 g/mol. The van der Waals surface area contributed by atoms with Gasteiger partial charge < -0.3 is 40.3 Å². The SMILES string of the molecule is Nc1nc(S)c2ncn([C@H](O)[C@H](O)[C@]3(O)CC=C3COP(=O)(O)CP(=O)(O)O)c2n1. The van der Waals surface area contributed by atoms with Crippen LogP contribution in [0.2, 0.25) is 0 Å². The van der Waals surface area contributed by atoms with Gasteiger partial charge in [0.05, 0.1) is 12.9 Å². The minimum Gasteiger partial charge on any atom is -0.385 e. The number of imidazole rings is 1. The molecule has 1 aliphatic rings. The van der Waals surface area contributed by atoms with E-state index >= 15 is 0 Å². The maximum atomic E-state index is 11.8. The van der Waals surface area contributed by atoms with Crippen LogP contribution in [0.4, 0.5) is 5.95 Å². The fourth-order valence-electron chi connectivity index (χ4n) is 2.90. The van der Waals surface area contributed by atoms with Crippen molar-refractivity contribution >= 4 is 44.9 Å². The molecule has 30 heavy (non-hydrogen) atoms. The molecule has 0 radical (unpaired) electrons. The summed E-state index contributed by atoms with van der Waals surface area (Å²) < 4.78 is 28.4. The van der Waals surface area contributed by atoms with Crippen molar-refractivity contribution in [3.63, 3.8) is 0 Å². The first-order chi connectivity index (χ1) is 13.7. The van der Waals surface area contributed by atoms with Gasteiger partial charge in [-0.05, 0) is 5.57 Å². The molecule has 0 aliphatic heterocycles. The molecule has 0 saturated carbocycles. The van der Waals surface area contributed by atoms with Gasteiger partial charge in [-0.25, -0.2) is 9.97 Å². The summed E-state index contributed by atoms with van der Waals surface area (Å²) in [6.07, 6.45) is -1.22. The summed E-state index contributed by atoms with van der Waals surface area (Å²) in [6, 6.07) is 0. The first-order valence-corrected chi connectivity index (χ1v) is 12.2. The van der Waals surface area contributed by atoms with Crippen LogP contribution in [0.3, 0.4) is 0 Å². The Morgan fingerprint density at radius 1 is 1.30 bits per heavy atom. The summed E-state index contributed by atoms with van der Waals surface area (Å²) in [5.74, 6) is -1.55. The van der Waals surface area contributed by atoms with Crippen LogP contribution in [0.5, 0.6) is 0 Å². The molecule has 0 amide bonds. The van der Waals surface area contributed by atoms with Crippen LogP contribution in [0.15, 0.2) is 23.0 Å². The summed E-state index contributed by atoms with van der Waals surface area (Å²) in [4.78, 5) is 38.9. The fourth-order valence-corrected chi connectivity index (χ4v) is 5.69. The second-order valence-corrected chi connectivity index (χ2v) is 11.1. The molecule has 0 fully saturated rings. The summed E-state index contributed by atoms with van der Waals surface area (Å²) in [7, 11) is -9.48. The van der Waals surface area contributed by atoms with Gasteiger partial charge in [0.2, 0.25) is 5.95 Å². The van der Waals surface area contributed by atoms with Crippen LogP contribution < -0.4 is 5.73 Å². The Morgan fingerprint density at radius 3 is 2.53 bits per heavy atom. The van der Waals surface area contributed by atoms with Gasteiger partial charge in [0.15, 0.2) is 17.8 Å².